The molecule has 0 spiro atoms. The number of hydrogen-bond donors (Lipinski definition) is 2. The Morgan fingerprint density at radius 2 is 1.71 bits per heavy atom. The van der Waals surface area contributed by atoms with Crippen molar-refractivity contribution in [2.75, 3.05) is 19.7 Å². The summed E-state index contributed by atoms with van der Waals surface area (Å²) < 4.78 is 0. The average molecular weight is 307 g/mol. The maximum Gasteiger partial charge on any atom is 0.305 e. The van der Waals surface area contributed by atoms with Crippen LogP contribution in [-0.4, -0.2) is 81.4 Å². The van der Waals surface area contributed by atoms with Gasteiger partial charge in [-0.2, -0.15) is 0 Å². The molecular weight excluding hydrogens is 279 g/mol. The van der Waals surface area contributed by atoms with Crippen LogP contribution < -0.4 is 0 Å². The first-order chi connectivity index (χ1) is 9.69. The van der Waals surface area contributed by atoms with Crippen LogP contribution in [-0.2, 0) is 4.79 Å². The van der Waals surface area contributed by atoms with E-state index in [1.807, 2.05) is 12.4 Å². The molecule has 0 fully saturated rings. The van der Waals surface area contributed by atoms with Gasteiger partial charge in [0.15, 0.2) is 0 Å². The van der Waals surface area contributed by atoms with Gasteiger partial charge in [-0.25, -0.2) is 0 Å². The standard InChI is InChI=1S/C15H28N2O3.Na/c1-2-3-4-5-6-7-14-16(9-8-15(19)20)10-11-17(14)12-13-18;/h10-11,14,18H,2-9,12-13H2,1H3,(H,19,20);. The van der Waals surface area contributed by atoms with Crippen molar-refractivity contribution in [1.29, 1.82) is 0 Å². The molecule has 1 aliphatic heterocycles. The minimum atomic E-state index is -0.763. The Kier molecular flexibility index (Phi) is 12.2. The van der Waals surface area contributed by atoms with Gasteiger partial charge in [0.25, 0.3) is 0 Å². The van der Waals surface area contributed by atoms with Crippen LogP contribution in [0.4, 0.5) is 0 Å². The van der Waals surface area contributed by atoms with E-state index >= 15 is 0 Å². The van der Waals surface area contributed by atoms with Crippen molar-refractivity contribution < 1.29 is 15.0 Å². The number of unbranched alkanes of at least 4 members (excludes halogenated alkanes) is 4. The first kappa shape index (κ1) is 20.8. The summed E-state index contributed by atoms with van der Waals surface area (Å²) in [5, 5.41) is 17.9. The molecule has 1 heterocycles. The molecule has 1 unspecified atom stereocenters. The minimum absolute atomic E-state index is 0. The van der Waals surface area contributed by atoms with E-state index in [0.29, 0.717) is 13.1 Å². The van der Waals surface area contributed by atoms with Gasteiger partial charge in [-0.3, -0.25) is 4.79 Å². The van der Waals surface area contributed by atoms with Crippen molar-refractivity contribution in [1.82, 2.24) is 9.80 Å². The van der Waals surface area contributed by atoms with Gasteiger partial charge in [0.05, 0.1) is 13.0 Å². The third kappa shape index (κ3) is 8.10. The van der Waals surface area contributed by atoms with E-state index in [1.165, 1.54) is 25.7 Å². The van der Waals surface area contributed by atoms with Gasteiger partial charge in [0.2, 0.25) is 0 Å². The number of rotatable bonds is 11. The van der Waals surface area contributed by atoms with Crippen LogP contribution in [0.15, 0.2) is 12.4 Å². The topological polar surface area (TPSA) is 64.0 Å². The fourth-order valence-corrected chi connectivity index (χ4v) is 2.61. The zero-order valence-corrected chi connectivity index (χ0v) is 15.5. The molecule has 1 atom stereocenters. The van der Waals surface area contributed by atoms with E-state index in [4.69, 9.17) is 10.2 Å². The fourth-order valence-electron chi connectivity index (χ4n) is 2.61. The molecule has 21 heavy (non-hydrogen) atoms. The molecule has 2 N–H and O–H groups in total. The third-order valence-electron chi connectivity index (χ3n) is 3.72. The molecule has 1 radical (unpaired) electrons. The summed E-state index contributed by atoms with van der Waals surface area (Å²) in [7, 11) is 0. The Hall–Kier alpha value is -0.230. The third-order valence-corrected chi connectivity index (χ3v) is 3.72. The summed E-state index contributed by atoms with van der Waals surface area (Å²) in [6.45, 7) is 3.48. The molecule has 0 saturated carbocycles. The molecular formula is C15H28N2NaO3. The predicted octanol–water partition coefficient (Wildman–Crippen LogP) is 1.85. The predicted molar refractivity (Wildman–Crippen MR) is 84.8 cm³/mol. The van der Waals surface area contributed by atoms with E-state index in [-0.39, 0.29) is 48.8 Å². The number of aliphatic hydroxyl groups is 1. The van der Waals surface area contributed by atoms with Crippen molar-refractivity contribution in [3.63, 3.8) is 0 Å². The Labute approximate surface area is 150 Å². The summed E-state index contributed by atoms with van der Waals surface area (Å²) in [5.41, 5.74) is 0. The van der Waals surface area contributed by atoms with E-state index < -0.39 is 5.97 Å². The van der Waals surface area contributed by atoms with Crippen molar-refractivity contribution in [3.05, 3.63) is 12.4 Å². The molecule has 1 rings (SSSR count). The summed E-state index contributed by atoms with van der Waals surface area (Å²) >= 11 is 0. The number of aliphatic carboxylic acids is 1. The second-order valence-corrected chi connectivity index (χ2v) is 5.32. The summed E-state index contributed by atoms with van der Waals surface area (Å²) in [6.07, 6.45) is 11.5. The molecule has 0 aromatic carbocycles. The molecule has 117 valence electrons. The minimum Gasteiger partial charge on any atom is -0.481 e. The van der Waals surface area contributed by atoms with E-state index in [9.17, 15) is 4.79 Å². The fraction of sp³-hybridized carbons (Fsp3) is 0.800. The van der Waals surface area contributed by atoms with Crippen LogP contribution in [0.25, 0.3) is 0 Å². The Morgan fingerprint density at radius 1 is 1.10 bits per heavy atom. The molecule has 1 aliphatic rings. The average Bonchev–Trinajstić information content (AvgIpc) is 2.79. The summed E-state index contributed by atoms with van der Waals surface area (Å²) in [5.74, 6) is -0.763. The number of aliphatic hydroxyl groups excluding tert-OH is 1. The molecule has 0 amide bonds. The number of hydrogen-bond acceptors (Lipinski definition) is 4. The van der Waals surface area contributed by atoms with Crippen molar-refractivity contribution in [2.24, 2.45) is 0 Å². The monoisotopic (exact) mass is 307 g/mol. The second kappa shape index (κ2) is 12.3. The van der Waals surface area contributed by atoms with Crippen LogP contribution in [0.3, 0.4) is 0 Å². The Balaban J connectivity index is 0.00000400. The number of carbonyl (C=O) groups is 1. The van der Waals surface area contributed by atoms with E-state index in [0.717, 1.165) is 12.8 Å². The molecule has 0 aromatic heterocycles. The van der Waals surface area contributed by atoms with Crippen molar-refractivity contribution >= 4 is 35.5 Å². The smallest absolute Gasteiger partial charge is 0.305 e. The van der Waals surface area contributed by atoms with Gasteiger partial charge < -0.3 is 20.0 Å². The summed E-state index contributed by atoms with van der Waals surface area (Å²) in [4.78, 5) is 14.9. The van der Waals surface area contributed by atoms with Gasteiger partial charge in [-0.1, -0.05) is 32.6 Å². The SMILES string of the molecule is CCCCCCCC1N(CCO)C=CN1CCC(=O)O.[Na]. The van der Waals surface area contributed by atoms with Gasteiger partial charge in [-0.15, -0.1) is 0 Å². The maximum atomic E-state index is 10.7. The van der Waals surface area contributed by atoms with Gasteiger partial charge in [-0.05, 0) is 12.8 Å². The molecule has 0 saturated heterocycles. The van der Waals surface area contributed by atoms with E-state index in [2.05, 4.69) is 16.7 Å². The van der Waals surface area contributed by atoms with Gasteiger partial charge >= 0.3 is 5.97 Å². The number of nitrogens with zero attached hydrogens (tertiary/aromatic N) is 2. The van der Waals surface area contributed by atoms with Gasteiger partial charge in [0.1, 0.15) is 6.17 Å². The van der Waals surface area contributed by atoms with Crippen LogP contribution in [0.1, 0.15) is 51.9 Å². The molecule has 0 bridgehead atoms. The molecule has 6 heteroatoms. The largest absolute Gasteiger partial charge is 0.481 e. The van der Waals surface area contributed by atoms with E-state index in [1.54, 1.807) is 0 Å². The molecule has 0 aromatic rings. The normalized spacial score (nSPS) is 17.1. The first-order valence-corrected chi connectivity index (χ1v) is 7.71. The maximum absolute atomic E-state index is 10.7. The summed E-state index contributed by atoms with van der Waals surface area (Å²) in [6, 6.07) is 0. The number of carboxylic acid groups (broad SMARTS) is 1. The van der Waals surface area contributed by atoms with Crippen molar-refractivity contribution in [3.8, 4) is 0 Å². The first-order valence-electron chi connectivity index (χ1n) is 7.71. The Morgan fingerprint density at radius 3 is 2.29 bits per heavy atom. The molecule has 0 aliphatic carbocycles. The van der Waals surface area contributed by atoms with Crippen LogP contribution in [0.5, 0.6) is 0 Å². The van der Waals surface area contributed by atoms with Crippen LogP contribution in [0.2, 0.25) is 0 Å². The van der Waals surface area contributed by atoms with Crippen LogP contribution >= 0.6 is 0 Å². The second-order valence-electron chi connectivity index (χ2n) is 5.32. The zero-order valence-electron chi connectivity index (χ0n) is 13.5. The van der Waals surface area contributed by atoms with Crippen LogP contribution in [0, 0.1) is 0 Å². The Bertz CT molecular complexity index is 313. The number of carboxylic acids is 1. The van der Waals surface area contributed by atoms with Gasteiger partial charge in [0, 0.05) is 55.0 Å². The number of β-amino-alcohol motifs (C(OH)–C–C–N with tert-alkyl or cyclic N) is 1. The quantitative estimate of drug-likeness (QED) is 0.450. The molecule has 5 nitrogen and oxygen atoms in total. The van der Waals surface area contributed by atoms with Crippen molar-refractivity contribution in [2.45, 2.75) is 58.0 Å². The zero-order chi connectivity index (χ0) is 14.8.